The van der Waals surface area contributed by atoms with E-state index in [0.717, 1.165) is 42.3 Å². The van der Waals surface area contributed by atoms with E-state index in [1.165, 1.54) is 5.56 Å². The maximum absolute atomic E-state index is 6.02. The highest BCUT2D eigenvalue weighted by atomic mass is 127. The zero-order valence-corrected chi connectivity index (χ0v) is 13.8. The number of aryl methyl sites for hydroxylation is 1. The van der Waals surface area contributed by atoms with Crippen LogP contribution in [0.15, 0.2) is 40.8 Å². The van der Waals surface area contributed by atoms with E-state index in [-0.39, 0.29) is 0 Å². The fourth-order valence-electron chi connectivity index (χ4n) is 2.72. The van der Waals surface area contributed by atoms with Crippen LogP contribution in [0.25, 0.3) is 33.0 Å². The maximum Gasteiger partial charge on any atom is 0.167 e. The number of rotatable bonds is 1. The monoisotopic (exact) mass is 389 g/mol. The molecule has 104 valence electrons. The molecule has 0 amide bonds. The molecule has 0 N–H and O–H groups in total. The van der Waals surface area contributed by atoms with Crippen molar-refractivity contribution in [1.82, 2.24) is 4.98 Å². The number of hydrogen-bond donors (Lipinski definition) is 0. The summed E-state index contributed by atoms with van der Waals surface area (Å²) in [6.45, 7) is 2.10. The van der Waals surface area contributed by atoms with Crippen LogP contribution in [-0.2, 0) is 0 Å². The number of hydrogen-bond acceptors (Lipinski definition) is 3. The lowest BCUT2D eigenvalue weighted by Crippen LogP contribution is -1.87. The molecule has 0 bridgehead atoms. The lowest BCUT2D eigenvalue weighted by Gasteiger charge is -2.04. The van der Waals surface area contributed by atoms with E-state index in [1.807, 2.05) is 30.3 Å². The number of nitrogens with zero attached hydrogens (tertiary/aromatic N) is 1. The highest BCUT2D eigenvalue weighted by Gasteiger charge is 2.16. The topological polar surface area (TPSA) is 35.3 Å². The molecule has 2 heterocycles. The lowest BCUT2D eigenvalue weighted by molar-refractivity contribution is 0.415. The van der Waals surface area contributed by atoms with Gasteiger partial charge < -0.3 is 9.15 Å². The Morgan fingerprint density at radius 2 is 2.05 bits per heavy atom. The van der Waals surface area contributed by atoms with Crippen LogP contribution in [0.2, 0.25) is 0 Å². The van der Waals surface area contributed by atoms with Gasteiger partial charge in [-0.15, -0.1) is 0 Å². The van der Waals surface area contributed by atoms with Crippen LogP contribution in [0.5, 0.6) is 5.75 Å². The van der Waals surface area contributed by atoms with Crippen molar-refractivity contribution in [2.75, 3.05) is 7.11 Å². The third-order valence-corrected chi connectivity index (χ3v) is 4.80. The highest BCUT2D eigenvalue weighted by molar-refractivity contribution is 14.1. The summed E-state index contributed by atoms with van der Waals surface area (Å²) in [6, 6.07) is 12.0. The molecular formula is C17H12INO2. The molecule has 0 saturated carbocycles. The summed E-state index contributed by atoms with van der Waals surface area (Å²) in [7, 11) is 1.67. The first-order chi connectivity index (χ1) is 10.2. The van der Waals surface area contributed by atoms with E-state index >= 15 is 0 Å². The molecule has 2 aromatic carbocycles. The third-order valence-electron chi connectivity index (χ3n) is 3.77. The first-order valence-corrected chi connectivity index (χ1v) is 7.72. The van der Waals surface area contributed by atoms with Gasteiger partial charge >= 0.3 is 0 Å². The summed E-state index contributed by atoms with van der Waals surface area (Å²) in [5.41, 5.74) is 4.79. The number of ether oxygens (including phenoxy) is 1. The highest BCUT2D eigenvalue weighted by Crippen LogP contribution is 2.36. The molecule has 0 saturated heterocycles. The predicted molar refractivity (Wildman–Crippen MR) is 93.0 cm³/mol. The van der Waals surface area contributed by atoms with Crippen molar-refractivity contribution in [3.63, 3.8) is 0 Å². The fraction of sp³-hybridized carbons (Fsp3) is 0.118. The maximum atomic E-state index is 6.02. The van der Waals surface area contributed by atoms with Crippen molar-refractivity contribution in [3.8, 4) is 5.75 Å². The van der Waals surface area contributed by atoms with Gasteiger partial charge in [0.25, 0.3) is 0 Å². The molecule has 0 atom stereocenters. The van der Waals surface area contributed by atoms with Crippen molar-refractivity contribution in [2.45, 2.75) is 6.92 Å². The molecular weight excluding hydrogens is 377 g/mol. The van der Waals surface area contributed by atoms with Crippen molar-refractivity contribution < 1.29 is 9.15 Å². The first kappa shape index (κ1) is 12.9. The summed E-state index contributed by atoms with van der Waals surface area (Å²) >= 11 is 2.35. The van der Waals surface area contributed by atoms with Crippen LogP contribution in [0.1, 0.15) is 5.56 Å². The first-order valence-electron chi connectivity index (χ1n) is 6.64. The quantitative estimate of drug-likeness (QED) is 0.427. The number of benzene rings is 2. The standard InChI is InChI=1S/C17H12INO2/c1-9-4-3-5-12-14(9)15(18)17-16(19-12)11-8-10(20-2)6-7-13(11)21-17/h3-8H,1-2H3. The zero-order chi connectivity index (χ0) is 14.6. The van der Waals surface area contributed by atoms with Crippen LogP contribution in [0.4, 0.5) is 0 Å². The van der Waals surface area contributed by atoms with Crippen LogP contribution < -0.4 is 4.74 Å². The Bertz CT molecular complexity index is 1000. The molecule has 0 spiro atoms. The molecule has 4 aromatic rings. The third kappa shape index (κ3) is 1.82. The van der Waals surface area contributed by atoms with E-state index in [2.05, 4.69) is 35.6 Å². The Morgan fingerprint density at radius 3 is 2.86 bits per heavy atom. The Kier molecular flexibility index (Phi) is 2.82. The largest absolute Gasteiger partial charge is 0.497 e. The summed E-state index contributed by atoms with van der Waals surface area (Å²) in [6.07, 6.45) is 0. The van der Waals surface area contributed by atoms with Gasteiger partial charge in [0.2, 0.25) is 0 Å². The second kappa shape index (κ2) is 4.59. The van der Waals surface area contributed by atoms with Crippen molar-refractivity contribution in [3.05, 3.63) is 45.5 Å². The Hall–Kier alpha value is -1.82. The normalized spacial score (nSPS) is 11.6. The average molecular weight is 389 g/mol. The molecule has 3 nitrogen and oxygen atoms in total. The second-order valence-electron chi connectivity index (χ2n) is 5.04. The van der Waals surface area contributed by atoms with Gasteiger partial charge in [-0.05, 0) is 59.3 Å². The molecule has 21 heavy (non-hydrogen) atoms. The van der Waals surface area contributed by atoms with Crippen LogP contribution in [0, 0.1) is 10.5 Å². The van der Waals surface area contributed by atoms with Crippen molar-refractivity contribution in [1.29, 1.82) is 0 Å². The second-order valence-corrected chi connectivity index (χ2v) is 6.12. The number of furan rings is 1. The van der Waals surface area contributed by atoms with E-state index < -0.39 is 0 Å². The summed E-state index contributed by atoms with van der Waals surface area (Å²) in [4.78, 5) is 4.81. The number of aromatic nitrogens is 1. The Labute approximate surface area is 135 Å². The molecule has 0 fully saturated rings. The van der Waals surface area contributed by atoms with Gasteiger partial charge in [-0.25, -0.2) is 4.98 Å². The summed E-state index contributed by atoms with van der Waals surface area (Å²) < 4.78 is 12.4. The number of methoxy groups -OCH3 is 1. The molecule has 4 rings (SSSR count). The molecule has 0 unspecified atom stereocenters. The van der Waals surface area contributed by atoms with Gasteiger partial charge in [-0.3, -0.25) is 0 Å². The molecule has 0 aliphatic carbocycles. The average Bonchev–Trinajstić information content (AvgIpc) is 2.85. The van der Waals surface area contributed by atoms with Gasteiger partial charge in [0, 0.05) is 5.39 Å². The number of halogens is 1. The van der Waals surface area contributed by atoms with Crippen molar-refractivity contribution >= 4 is 55.6 Å². The van der Waals surface area contributed by atoms with E-state index in [0.29, 0.717) is 0 Å². The Balaban J connectivity index is 2.23. The minimum Gasteiger partial charge on any atom is -0.497 e. The van der Waals surface area contributed by atoms with Gasteiger partial charge in [-0.2, -0.15) is 0 Å². The molecule has 0 radical (unpaired) electrons. The summed E-state index contributed by atoms with van der Waals surface area (Å²) in [5.74, 6) is 0.811. The van der Waals surface area contributed by atoms with E-state index in [1.54, 1.807) is 7.11 Å². The number of fused-ring (bicyclic) bond motifs is 4. The van der Waals surface area contributed by atoms with Crippen LogP contribution in [0.3, 0.4) is 0 Å². The minimum absolute atomic E-state index is 0.811. The lowest BCUT2D eigenvalue weighted by atomic mass is 10.1. The molecule has 4 heteroatoms. The molecule has 0 aliphatic heterocycles. The fourth-order valence-corrected chi connectivity index (χ4v) is 3.78. The SMILES string of the molecule is COc1ccc2oc3c(I)c4c(C)cccc4nc3c2c1. The minimum atomic E-state index is 0.811. The van der Waals surface area contributed by atoms with E-state index in [4.69, 9.17) is 14.1 Å². The van der Waals surface area contributed by atoms with Gasteiger partial charge in [0.15, 0.2) is 5.58 Å². The van der Waals surface area contributed by atoms with Gasteiger partial charge in [0.05, 0.1) is 21.6 Å². The van der Waals surface area contributed by atoms with Crippen molar-refractivity contribution in [2.24, 2.45) is 0 Å². The smallest absolute Gasteiger partial charge is 0.167 e. The van der Waals surface area contributed by atoms with Gasteiger partial charge in [-0.1, -0.05) is 12.1 Å². The predicted octanol–water partition coefficient (Wildman–Crippen LogP) is 5.06. The van der Waals surface area contributed by atoms with Crippen LogP contribution in [-0.4, -0.2) is 12.1 Å². The molecule has 0 aliphatic rings. The zero-order valence-electron chi connectivity index (χ0n) is 11.6. The molecule has 2 aromatic heterocycles. The Morgan fingerprint density at radius 1 is 1.19 bits per heavy atom. The van der Waals surface area contributed by atoms with Crippen LogP contribution >= 0.6 is 22.6 Å². The number of pyridine rings is 1. The van der Waals surface area contributed by atoms with Gasteiger partial charge in [0.1, 0.15) is 16.8 Å². The van der Waals surface area contributed by atoms with E-state index in [9.17, 15) is 0 Å². The summed E-state index contributed by atoms with van der Waals surface area (Å²) in [5, 5.41) is 2.15.